The maximum atomic E-state index is 13.3. The molecule has 1 atom stereocenters. The zero-order valence-corrected chi connectivity index (χ0v) is 20.7. The number of para-hydroxylation sites is 1. The molecule has 3 amide bonds. The van der Waals surface area contributed by atoms with Crippen LogP contribution in [-0.4, -0.2) is 11.9 Å². The Morgan fingerprint density at radius 2 is 1.29 bits per heavy atom. The molecular weight excluding hydrogens is 501 g/mol. The minimum absolute atomic E-state index is 0.227. The van der Waals surface area contributed by atoms with Crippen LogP contribution in [0.4, 0.5) is 21.9 Å². The van der Waals surface area contributed by atoms with E-state index in [-0.39, 0.29) is 11.9 Å². The average Bonchev–Trinajstić information content (AvgIpc) is 2.87. The Morgan fingerprint density at radius 1 is 0.686 bits per heavy atom. The maximum absolute atomic E-state index is 13.3. The Bertz CT molecular complexity index is 1300. The number of anilines is 3. The second kappa shape index (κ2) is 11.8. The summed E-state index contributed by atoms with van der Waals surface area (Å²) in [5, 5.41) is 8.82. The lowest BCUT2D eigenvalue weighted by Crippen LogP contribution is -2.19. The van der Waals surface area contributed by atoms with Crippen molar-refractivity contribution in [3.05, 3.63) is 119 Å². The fraction of sp³-hybridized carbons (Fsp3) is 0.0370. The lowest BCUT2D eigenvalue weighted by molar-refractivity contribution is -0.115. The van der Waals surface area contributed by atoms with Gasteiger partial charge >= 0.3 is 6.03 Å². The third-order valence-electron chi connectivity index (χ3n) is 4.92. The van der Waals surface area contributed by atoms with Crippen LogP contribution in [0.15, 0.2) is 108 Å². The molecule has 0 spiro atoms. The first-order valence-electron chi connectivity index (χ1n) is 10.7. The second-order valence-electron chi connectivity index (χ2n) is 7.49. The number of hydrogen-bond donors (Lipinski definition) is 3. The van der Waals surface area contributed by atoms with E-state index in [4.69, 9.17) is 23.2 Å². The van der Waals surface area contributed by atoms with Crippen molar-refractivity contribution in [1.29, 1.82) is 0 Å². The van der Waals surface area contributed by atoms with Gasteiger partial charge < -0.3 is 16.0 Å². The number of thioether (sulfide) groups is 1. The molecule has 0 aliphatic rings. The van der Waals surface area contributed by atoms with Crippen LogP contribution in [0.3, 0.4) is 0 Å². The van der Waals surface area contributed by atoms with E-state index in [1.807, 2.05) is 72.8 Å². The van der Waals surface area contributed by atoms with Crippen LogP contribution in [0.25, 0.3) is 0 Å². The molecular formula is C27H21Cl2N3O2S. The van der Waals surface area contributed by atoms with Gasteiger partial charge in [-0.2, -0.15) is 0 Å². The molecule has 35 heavy (non-hydrogen) atoms. The molecule has 0 heterocycles. The molecule has 0 aliphatic carbocycles. The van der Waals surface area contributed by atoms with E-state index in [1.54, 1.807) is 30.3 Å². The first-order valence-corrected chi connectivity index (χ1v) is 12.3. The lowest BCUT2D eigenvalue weighted by Gasteiger charge is -2.18. The quantitative estimate of drug-likeness (QED) is 0.215. The van der Waals surface area contributed by atoms with Gasteiger partial charge in [0, 0.05) is 21.3 Å². The fourth-order valence-electron chi connectivity index (χ4n) is 3.26. The van der Waals surface area contributed by atoms with Crippen LogP contribution in [-0.2, 0) is 4.79 Å². The highest BCUT2D eigenvalue weighted by molar-refractivity contribution is 8.00. The Morgan fingerprint density at radius 3 is 1.94 bits per heavy atom. The van der Waals surface area contributed by atoms with Crippen molar-refractivity contribution >= 4 is 64.0 Å². The normalized spacial score (nSPS) is 11.4. The molecule has 0 fully saturated rings. The zero-order chi connectivity index (χ0) is 24.6. The molecule has 4 aromatic carbocycles. The van der Waals surface area contributed by atoms with Crippen molar-refractivity contribution in [3.8, 4) is 0 Å². The van der Waals surface area contributed by atoms with Gasteiger partial charge in [-0.25, -0.2) is 4.79 Å². The first-order chi connectivity index (χ1) is 17.0. The largest absolute Gasteiger partial charge is 0.323 e. The van der Waals surface area contributed by atoms with Crippen molar-refractivity contribution in [2.24, 2.45) is 0 Å². The van der Waals surface area contributed by atoms with Crippen LogP contribution in [0.2, 0.25) is 10.0 Å². The zero-order valence-electron chi connectivity index (χ0n) is 18.4. The lowest BCUT2D eigenvalue weighted by atomic mass is 10.1. The third-order valence-corrected chi connectivity index (χ3v) is 6.76. The van der Waals surface area contributed by atoms with Gasteiger partial charge in [0.05, 0.1) is 10.7 Å². The number of urea groups is 1. The summed E-state index contributed by atoms with van der Waals surface area (Å²) in [7, 11) is 0. The molecule has 3 N–H and O–H groups in total. The van der Waals surface area contributed by atoms with Crippen molar-refractivity contribution < 1.29 is 9.59 Å². The minimum atomic E-state index is -0.536. The molecule has 0 radical (unpaired) electrons. The summed E-state index contributed by atoms with van der Waals surface area (Å²) in [5.41, 5.74) is 2.63. The molecule has 0 saturated heterocycles. The number of hydrogen-bond acceptors (Lipinski definition) is 3. The van der Waals surface area contributed by atoms with Gasteiger partial charge in [0.15, 0.2) is 0 Å². The Kier molecular flexibility index (Phi) is 8.32. The van der Waals surface area contributed by atoms with Crippen molar-refractivity contribution in [1.82, 2.24) is 0 Å². The summed E-state index contributed by atoms with van der Waals surface area (Å²) in [6, 6.07) is 30.6. The molecule has 4 rings (SSSR count). The van der Waals surface area contributed by atoms with Gasteiger partial charge in [-0.1, -0.05) is 71.7 Å². The van der Waals surface area contributed by atoms with Gasteiger partial charge in [0.1, 0.15) is 5.25 Å². The van der Waals surface area contributed by atoms with E-state index < -0.39 is 5.25 Å². The van der Waals surface area contributed by atoms with Gasteiger partial charge in [0.2, 0.25) is 5.91 Å². The number of halogens is 2. The molecule has 0 aliphatic heterocycles. The van der Waals surface area contributed by atoms with E-state index in [1.165, 1.54) is 11.8 Å². The standard InChI is InChI=1S/C27H21Cl2N3O2S/c28-19-11-16-23(29)24(17-19)32-26(33)25(18-7-3-1-4-8-18)35-22-14-12-21(13-15-22)31-27(34)30-20-9-5-2-6-10-20/h1-17,25H,(H,32,33)(H2,30,31,34). The van der Waals surface area contributed by atoms with Gasteiger partial charge in [-0.3, -0.25) is 4.79 Å². The molecule has 0 aromatic heterocycles. The van der Waals surface area contributed by atoms with E-state index in [0.29, 0.717) is 27.1 Å². The highest BCUT2D eigenvalue weighted by atomic mass is 35.5. The van der Waals surface area contributed by atoms with Gasteiger partial charge in [-0.05, 0) is 60.2 Å². The second-order valence-corrected chi connectivity index (χ2v) is 9.51. The smallest absolute Gasteiger partial charge is 0.323 e. The summed E-state index contributed by atoms with van der Waals surface area (Å²) >= 11 is 13.7. The van der Waals surface area contributed by atoms with E-state index in [0.717, 1.165) is 10.5 Å². The molecule has 1 unspecified atom stereocenters. The Hall–Kier alpha value is -3.45. The summed E-state index contributed by atoms with van der Waals surface area (Å²) in [4.78, 5) is 26.4. The predicted molar refractivity (Wildman–Crippen MR) is 146 cm³/mol. The minimum Gasteiger partial charge on any atom is -0.323 e. The highest BCUT2D eigenvalue weighted by Gasteiger charge is 2.23. The van der Waals surface area contributed by atoms with Crippen molar-refractivity contribution in [2.45, 2.75) is 10.1 Å². The number of carbonyl (C=O) groups is 2. The fourth-order valence-corrected chi connectivity index (χ4v) is 4.62. The summed E-state index contributed by atoms with van der Waals surface area (Å²) in [5.74, 6) is -0.227. The molecule has 0 bridgehead atoms. The number of rotatable bonds is 7. The summed E-state index contributed by atoms with van der Waals surface area (Å²) in [6.45, 7) is 0. The van der Waals surface area contributed by atoms with Crippen molar-refractivity contribution in [2.75, 3.05) is 16.0 Å². The van der Waals surface area contributed by atoms with E-state index in [9.17, 15) is 9.59 Å². The number of benzene rings is 4. The van der Waals surface area contributed by atoms with Crippen LogP contribution in [0, 0.1) is 0 Å². The molecule has 4 aromatic rings. The monoisotopic (exact) mass is 521 g/mol. The van der Waals surface area contributed by atoms with Gasteiger partial charge in [0.25, 0.3) is 0 Å². The Balaban J connectivity index is 1.46. The highest BCUT2D eigenvalue weighted by Crippen LogP contribution is 2.37. The molecule has 5 nitrogen and oxygen atoms in total. The number of amides is 3. The van der Waals surface area contributed by atoms with E-state index in [2.05, 4.69) is 16.0 Å². The van der Waals surface area contributed by atoms with Gasteiger partial charge in [-0.15, -0.1) is 11.8 Å². The van der Waals surface area contributed by atoms with Crippen LogP contribution < -0.4 is 16.0 Å². The molecule has 176 valence electrons. The summed E-state index contributed by atoms with van der Waals surface area (Å²) < 4.78 is 0. The van der Waals surface area contributed by atoms with Crippen molar-refractivity contribution in [3.63, 3.8) is 0 Å². The van der Waals surface area contributed by atoms with Crippen LogP contribution in [0.1, 0.15) is 10.8 Å². The predicted octanol–water partition coefficient (Wildman–Crippen LogP) is 8.11. The number of carbonyl (C=O) groups excluding carboxylic acids is 2. The molecule has 8 heteroatoms. The number of nitrogens with one attached hydrogen (secondary N) is 3. The maximum Gasteiger partial charge on any atom is 0.323 e. The average molecular weight is 522 g/mol. The summed E-state index contributed by atoms with van der Waals surface area (Å²) in [6.07, 6.45) is 0. The third kappa shape index (κ3) is 7.02. The Labute approximate surface area is 217 Å². The SMILES string of the molecule is O=C(Nc1ccccc1)Nc1ccc(SC(C(=O)Nc2cc(Cl)ccc2Cl)c2ccccc2)cc1. The van der Waals surface area contributed by atoms with E-state index >= 15 is 0 Å². The van der Waals surface area contributed by atoms with Crippen LogP contribution in [0.5, 0.6) is 0 Å². The topological polar surface area (TPSA) is 70.2 Å². The first kappa shape index (κ1) is 24.7. The molecule has 0 saturated carbocycles. The van der Waals surface area contributed by atoms with Crippen LogP contribution >= 0.6 is 35.0 Å².